The molecule has 0 fully saturated rings. The van der Waals surface area contributed by atoms with Crippen LogP contribution in [0.4, 0.5) is 0 Å². The number of esters is 3. The fraction of sp³-hybridized carbons (Fsp3) is 0.635. The topological polar surface area (TPSA) is 78.9 Å². The third kappa shape index (κ3) is 43.5. The Kier molecular flexibility index (Phi) is 43.1. The molecule has 0 aliphatic rings. The maximum Gasteiger partial charge on any atom is 0.309 e. The molecule has 0 spiro atoms. The van der Waals surface area contributed by atoms with E-state index in [4.69, 9.17) is 14.2 Å². The summed E-state index contributed by atoms with van der Waals surface area (Å²) in [5.74, 6) is -1.12. The Labute approximate surface area is 356 Å². The highest BCUT2D eigenvalue weighted by atomic mass is 16.6. The lowest BCUT2D eigenvalue weighted by Gasteiger charge is -2.18. The quantitative estimate of drug-likeness (QED) is 0.0266. The van der Waals surface area contributed by atoms with Crippen molar-refractivity contribution in [2.45, 2.75) is 200 Å². The van der Waals surface area contributed by atoms with Gasteiger partial charge in [0.05, 0.1) is 6.42 Å². The molecule has 0 aromatic rings. The first-order valence-electron chi connectivity index (χ1n) is 23.2. The van der Waals surface area contributed by atoms with Crippen LogP contribution in [0.5, 0.6) is 0 Å². The molecule has 0 N–H and O–H groups in total. The highest BCUT2D eigenvalue weighted by molar-refractivity contribution is 5.72. The van der Waals surface area contributed by atoms with Gasteiger partial charge in [-0.3, -0.25) is 14.4 Å². The molecule has 1 unspecified atom stereocenters. The van der Waals surface area contributed by atoms with Crippen molar-refractivity contribution in [1.82, 2.24) is 0 Å². The number of rotatable bonds is 40. The molecule has 58 heavy (non-hydrogen) atoms. The zero-order valence-corrected chi connectivity index (χ0v) is 37.3. The van der Waals surface area contributed by atoms with Crippen molar-refractivity contribution in [3.8, 4) is 0 Å². The van der Waals surface area contributed by atoms with E-state index in [1.165, 1.54) is 70.6 Å². The fourth-order valence-electron chi connectivity index (χ4n) is 5.95. The fourth-order valence-corrected chi connectivity index (χ4v) is 5.95. The van der Waals surface area contributed by atoms with Gasteiger partial charge in [0.2, 0.25) is 0 Å². The number of hydrogen-bond donors (Lipinski definition) is 0. The van der Waals surface area contributed by atoms with Gasteiger partial charge in [-0.25, -0.2) is 0 Å². The van der Waals surface area contributed by atoms with E-state index in [2.05, 4.69) is 106 Å². The van der Waals surface area contributed by atoms with E-state index in [-0.39, 0.29) is 38.0 Å². The normalized spacial score (nSPS) is 12.9. The molecule has 0 amide bonds. The van der Waals surface area contributed by atoms with E-state index >= 15 is 0 Å². The van der Waals surface area contributed by atoms with Gasteiger partial charge in [0.1, 0.15) is 13.2 Å². The largest absolute Gasteiger partial charge is 0.462 e. The predicted molar refractivity (Wildman–Crippen MR) is 247 cm³/mol. The van der Waals surface area contributed by atoms with Crippen molar-refractivity contribution in [1.29, 1.82) is 0 Å². The lowest BCUT2D eigenvalue weighted by atomic mass is 10.0. The molecule has 0 rings (SSSR count). The summed E-state index contributed by atoms with van der Waals surface area (Å²) in [6, 6.07) is 0. The lowest BCUT2D eigenvalue weighted by Crippen LogP contribution is -2.30. The van der Waals surface area contributed by atoms with Gasteiger partial charge in [-0.15, -0.1) is 0 Å². The smallest absolute Gasteiger partial charge is 0.309 e. The van der Waals surface area contributed by atoms with Gasteiger partial charge >= 0.3 is 17.9 Å². The second-order valence-corrected chi connectivity index (χ2v) is 14.9. The number of hydrogen-bond acceptors (Lipinski definition) is 6. The average Bonchev–Trinajstić information content (AvgIpc) is 3.22. The van der Waals surface area contributed by atoms with Crippen molar-refractivity contribution < 1.29 is 28.6 Å². The summed E-state index contributed by atoms with van der Waals surface area (Å²) in [6.45, 7) is 6.24. The van der Waals surface area contributed by atoms with Crippen LogP contribution in [0.3, 0.4) is 0 Å². The number of carbonyl (C=O) groups excluding carboxylic acids is 3. The molecule has 0 aromatic heterocycles. The first kappa shape index (κ1) is 54.3. The van der Waals surface area contributed by atoms with E-state index in [9.17, 15) is 14.4 Å². The molecule has 6 nitrogen and oxygen atoms in total. The lowest BCUT2D eigenvalue weighted by molar-refractivity contribution is -0.166. The molecular weight excluding hydrogens is 721 g/mol. The maximum absolute atomic E-state index is 12.7. The summed E-state index contributed by atoms with van der Waals surface area (Å²) in [7, 11) is 0. The molecule has 0 heterocycles. The molecule has 0 radical (unpaired) electrons. The predicted octanol–water partition coefficient (Wildman–Crippen LogP) is 15.0. The van der Waals surface area contributed by atoms with E-state index in [1.807, 2.05) is 6.08 Å². The minimum absolute atomic E-state index is 0.124. The van der Waals surface area contributed by atoms with Crippen LogP contribution in [0, 0.1) is 0 Å². The minimum atomic E-state index is -0.832. The van der Waals surface area contributed by atoms with Gasteiger partial charge in [-0.1, -0.05) is 201 Å². The molecule has 1 atom stereocenters. The van der Waals surface area contributed by atoms with Crippen LogP contribution in [0.1, 0.15) is 194 Å². The number of ether oxygens (including phenoxy) is 3. The van der Waals surface area contributed by atoms with E-state index < -0.39 is 12.1 Å². The zero-order chi connectivity index (χ0) is 42.3. The van der Waals surface area contributed by atoms with Crippen LogP contribution >= 0.6 is 0 Å². The third-order valence-electron chi connectivity index (χ3n) is 9.37. The Bertz CT molecular complexity index is 1200. The second kappa shape index (κ2) is 46.0. The van der Waals surface area contributed by atoms with E-state index in [0.29, 0.717) is 12.8 Å². The standard InChI is InChI=1S/C52H84O6/c1-4-7-10-13-16-19-21-23-25-26-27-29-30-33-36-39-42-45-51(54)57-48-49(47-56-50(53)44-41-38-35-32-18-15-12-9-6-3)58-52(55)46-43-40-37-34-31-28-24-22-20-17-14-11-8-5-2/h7,9-10,12,16,18-19,23,25,27,29,32-33,36,38,41,49H,4-6,8,11,13-15,17,20-22,24,26,28,30-31,34-35,37,39-40,42-48H2,1-3H3/b10-7-,12-9-,19-16-,25-23-,29-27-,32-18-,36-33-,41-38-. The van der Waals surface area contributed by atoms with Crippen LogP contribution < -0.4 is 0 Å². The van der Waals surface area contributed by atoms with E-state index in [0.717, 1.165) is 77.0 Å². The van der Waals surface area contributed by atoms with Crippen LogP contribution in [0.15, 0.2) is 97.2 Å². The molecule has 0 aliphatic carbocycles. The summed E-state index contributed by atoms with van der Waals surface area (Å²) >= 11 is 0. The van der Waals surface area contributed by atoms with Gasteiger partial charge in [-0.2, -0.15) is 0 Å². The summed E-state index contributed by atoms with van der Waals surface area (Å²) in [6.07, 6.45) is 60.0. The van der Waals surface area contributed by atoms with Crippen LogP contribution in [-0.4, -0.2) is 37.2 Å². The van der Waals surface area contributed by atoms with Crippen molar-refractivity contribution in [2.24, 2.45) is 0 Å². The molecule has 6 heteroatoms. The van der Waals surface area contributed by atoms with Gasteiger partial charge in [0.25, 0.3) is 0 Å². The van der Waals surface area contributed by atoms with E-state index in [1.54, 1.807) is 6.08 Å². The summed E-state index contributed by atoms with van der Waals surface area (Å²) in [5, 5.41) is 0. The number of allylic oxidation sites excluding steroid dienone is 15. The Morgan fingerprint density at radius 1 is 0.379 bits per heavy atom. The monoisotopic (exact) mass is 805 g/mol. The molecule has 0 saturated heterocycles. The molecule has 328 valence electrons. The highest BCUT2D eigenvalue weighted by Gasteiger charge is 2.19. The first-order valence-corrected chi connectivity index (χ1v) is 23.2. The Balaban J connectivity index is 4.51. The van der Waals surface area contributed by atoms with Crippen LogP contribution in [0.25, 0.3) is 0 Å². The number of unbranched alkanes of at least 4 members (excludes halogenated alkanes) is 14. The molecule has 0 saturated carbocycles. The molecule has 0 aliphatic heterocycles. The van der Waals surface area contributed by atoms with Gasteiger partial charge in [0.15, 0.2) is 6.10 Å². The number of carbonyl (C=O) groups is 3. The molecule has 0 aromatic carbocycles. The first-order chi connectivity index (χ1) is 28.5. The summed E-state index contributed by atoms with van der Waals surface area (Å²) in [5.41, 5.74) is 0. The van der Waals surface area contributed by atoms with Crippen LogP contribution in [0.2, 0.25) is 0 Å². The zero-order valence-electron chi connectivity index (χ0n) is 37.3. The van der Waals surface area contributed by atoms with Gasteiger partial charge < -0.3 is 14.2 Å². The Morgan fingerprint density at radius 3 is 1.19 bits per heavy atom. The molecular formula is C52H84O6. The van der Waals surface area contributed by atoms with Crippen molar-refractivity contribution in [3.05, 3.63) is 97.2 Å². The highest BCUT2D eigenvalue weighted by Crippen LogP contribution is 2.14. The van der Waals surface area contributed by atoms with Crippen molar-refractivity contribution in [2.75, 3.05) is 13.2 Å². The summed E-state index contributed by atoms with van der Waals surface area (Å²) < 4.78 is 16.5. The Morgan fingerprint density at radius 2 is 0.741 bits per heavy atom. The van der Waals surface area contributed by atoms with Gasteiger partial charge in [-0.05, 0) is 70.6 Å². The second-order valence-electron chi connectivity index (χ2n) is 14.9. The minimum Gasteiger partial charge on any atom is -0.462 e. The maximum atomic E-state index is 12.7. The molecule has 0 bridgehead atoms. The van der Waals surface area contributed by atoms with Gasteiger partial charge in [0, 0.05) is 12.8 Å². The van der Waals surface area contributed by atoms with Crippen molar-refractivity contribution in [3.63, 3.8) is 0 Å². The Hall–Kier alpha value is -3.67. The SMILES string of the molecule is CC/C=C\C/C=C\C/C=C\C/C=C\C/C=C\CCCC(=O)OCC(COC(=O)C/C=C\C/C=C\C/C=C\CC)OC(=O)CCCCCCCCCCCCCCCC. The van der Waals surface area contributed by atoms with Crippen LogP contribution in [-0.2, 0) is 28.6 Å². The third-order valence-corrected chi connectivity index (χ3v) is 9.37. The summed E-state index contributed by atoms with van der Waals surface area (Å²) in [4.78, 5) is 37.6. The van der Waals surface area contributed by atoms with Crippen molar-refractivity contribution >= 4 is 17.9 Å². The average molecular weight is 805 g/mol.